The highest BCUT2D eigenvalue weighted by atomic mass is 35.5. The van der Waals surface area contributed by atoms with E-state index in [4.69, 9.17) is 34.8 Å². The number of amides is 1. The fourth-order valence-corrected chi connectivity index (χ4v) is 3.65. The zero-order chi connectivity index (χ0) is 21.2. The van der Waals surface area contributed by atoms with Crippen LogP contribution in [0.2, 0.25) is 15.1 Å². The number of hydrogen-bond donors (Lipinski definition) is 1. The van der Waals surface area contributed by atoms with E-state index in [1.165, 1.54) is 24.3 Å². The van der Waals surface area contributed by atoms with Gasteiger partial charge in [-0.15, -0.1) is 0 Å². The first-order valence-electron chi connectivity index (χ1n) is 8.90. The fourth-order valence-electron chi connectivity index (χ4n) is 2.85. The van der Waals surface area contributed by atoms with Gasteiger partial charge in [-0.25, -0.2) is 0 Å². The summed E-state index contributed by atoms with van der Waals surface area (Å²) in [6, 6.07) is 8.77. The highest BCUT2D eigenvalue weighted by Crippen LogP contribution is 2.38. The lowest BCUT2D eigenvalue weighted by molar-refractivity contribution is -0.139. The summed E-state index contributed by atoms with van der Waals surface area (Å²) >= 11 is 17.9. The molecule has 0 saturated heterocycles. The largest absolute Gasteiger partial charge is 0.399 e. The highest BCUT2D eigenvalue weighted by Gasteiger charge is 2.39. The van der Waals surface area contributed by atoms with Gasteiger partial charge in [0, 0.05) is 27.5 Å². The topological polar surface area (TPSA) is 29.1 Å². The molecule has 29 heavy (non-hydrogen) atoms. The maximum atomic E-state index is 13.6. The van der Waals surface area contributed by atoms with Crippen LogP contribution in [-0.4, -0.2) is 12.1 Å². The Balaban J connectivity index is 1.76. The van der Waals surface area contributed by atoms with Gasteiger partial charge in [-0.05, 0) is 53.8 Å². The van der Waals surface area contributed by atoms with Crippen LogP contribution in [0, 0.1) is 5.92 Å². The van der Waals surface area contributed by atoms with Crippen molar-refractivity contribution >= 4 is 46.8 Å². The molecule has 154 valence electrons. The lowest BCUT2D eigenvalue weighted by atomic mass is 9.97. The van der Waals surface area contributed by atoms with E-state index in [1.54, 1.807) is 18.2 Å². The van der Waals surface area contributed by atoms with Crippen LogP contribution in [0.25, 0.3) is 6.08 Å². The van der Waals surface area contributed by atoms with Crippen LogP contribution in [0.4, 0.5) is 13.2 Å². The van der Waals surface area contributed by atoms with Crippen molar-refractivity contribution in [1.82, 2.24) is 5.32 Å². The van der Waals surface area contributed by atoms with E-state index in [-0.39, 0.29) is 34.0 Å². The molecule has 1 aliphatic carbocycles. The van der Waals surface area contributed by atoms with Crippen molar-refractivity contribution < 1.29 is 18.0 Å². The van der Waals surface area contributed by atoms with Gasteiger partial charge in [0.25, 0.3) is 0 Å². The van der Waals surface area contributed by atoms with Crippen molar-refractivity contribution in [3.8, 4) is 0 Å². The molecule has 2 aromatic carbocycles. The monoisotopic (exact) mass is 461 g/mol. The summed E-state index contributed by atoms with van der Waals surface area (Å²) in [6.07, 6.45) is -0.308. The maximum Gasteiger partial charge on any atom is 0.399 e. The summed E-state index contributed by atoms with van der Waals surface area (Å²) in [5.74, 6) is -1.77. The Morgan fingerprint density at radius 1 is 1.10 bits per heavy atom. The molecule has 1 N–H and O–H groups in total. The summed E-state index contributed by atoms with van der Waals surface area (Å²) in [7, 11) is 0. The van der Waals surface area contributed by atoms with Crippen LogP contribution in [0.15, 0.2) is 42.5 Å². The van der Waals surface area contributed by atoms with Crippen LogP contribution in [0.1, 0.15) is 35.4 Å². The van der Waals surface area contributed by atoms with Crippen molar-refractivity contribution in [2.24, 2.45) is 5.92 Å². The number of allylic oxidation sites excluding steroid dienone is 1. The minimum atomic E-state index is -4.51. The van der Waals surface area contributed by atoms with Crippen molar-refractivity contribution in [1.29, 1.82) is 0 Å². The molecular weight excluding hydrogens is 446 g/mol. The number of halogens is 6. The second-order valence-electron chi connectivity index (χ2n) is 6.92. The first-order valence-corrected chi connectivity index (χ1v) is 10.0. The third-order valence-corrected chi connectivity index (χ3v) is 5.34. The predicted octanol–water partition coefficient (Wildman–Crippen LogP) is 7.03. The van der Waals surface area contributed by atoms with E-state index < -0.39 is 12.1 Å². The summed E-state index contributed by atoms with van der Waals surface area (Å²) in [5.41, 5.74) is 1.17. The third-order valence-electron chi connectivity index (χ3n) is 4.56. The predicted molar refractivity (Wildman–Crippen MR) is 110 cm³/mol. The maximum absolute atomic E-state index is 13.6. The average molecular weight is 463 g/mol. The Morgan fingerprint density at radius 2 is 1.76 bits per heavy atom. The van der Waals surface area contributed by atoms with Crippen LogP contribution >= 0.6 is 34.8 Å². The second kappa shape index (κ2) is 8.99. The smallest absolute Gasteiger partial charge is 0.352 e. The van der Waals surface area contributed by atoms with Crippen molar-refractivity contribution in [3.05, 3.63) is 74.2 Å². The summed E-state index contributed by atoms with van der Waals surface area (Å²) in [5, 5.41) is 3.45. The van der Waals surface area contributed by atoms with Gasteiger partial charge in [0.2, 0.25) is 5.91 Å². The van der Waals surface area contributed by atoms with E-state index in [0.717, 1.165) is 18.9 Å². The molecule has 1 aliphatic rings. The lowest BCUT2D eigenvalue weighted by Crippen LogP contribution is -2.24. The minimum Gasteiger partial charge on any atom is -0.352 e. The summed E-state index contributed by atoms with van der Waals surface area (Å²) in [4.78, 5) is 11.7. The standard InChI is InChI=1S/C21H17Cl3F3NO/c22-16-8-15(9-17(23)10-16)18(21(25,26)27)6-2-12-1-3-14(19(24)7-12)11-28-20(29)13-4-5-13/h1-3,6-10,13,18H,4-5,11H2,(H,28,29). The molecule has 1 fully saturated rings. The molecule has 2 nitrogen and oxygen atoms in total. The Labute approximate surface area is 181 Å². The van der Waals surface area contributed by atoms with Gasteiger partial charge in [0.15, 0.2) is 0 Å². The molecule has 8 heteroatoms. The Hall–Kier alpha value is -1.69. The number of carbonyl (C=O) groups is 1. The van der Waals surface area contributed by atoms with Gasteiger partial charge in [-0.1, -0.05) is 59.1 Å². The molecule has 0 bridgehead atoms. The van der Waals surface area contributed by atoms with E-state index in [9.17, 15) is 18.0 Å². The number of hydrogen-bond acceptors (Lipinski definition) is 1. The Bertz CT molecular complexity index is 919. The van der Waals surface area contributed by atoms with Gasteiger partial charge >= 0.3 is 6.18 Å². The normalized spacial score (nSPS) is 15.5. The van der Waals surface area contributed by atoms with Crippen molar-refractivity contribution in [2.45, 2.75) is 31.5 Å². The molecule has 1 unspecified atom stereocenters. The zero-order valence-corrected chi connectivity index (χ0v) is 17.3. The molecule has 1 saturated carbocycles. The van der Waals surface area contributed by atoms with Crippen LogP contribution in [-0.2, 0) is 11.3 Å². The van der Waals surface area contributed by atoms with E-state index in [2.05, 4.69) is 5.32 Å². The SMILES string of the molecule is O=C(NCc1ccc(C=CC(c2cc(Cl)cc(Cl)c2)C(F)(F)F)cc1Cl)C1CC1. The van der Waals surface area contributed by atoms with E-state index >= 15 is 0 Å². The Kier molecular flexibility index (Phi) is 6.82. The lowest BCUT2D eigenvalue weighted by Gasteiger charge is -2.18. The molecule has 3 rings (SSSR count). The number of carbonyl (C=O) groups excluding carboxylic acids is 1. The second-order valence-corrected chi connectivity index (χ2v) is 8.20. The van der Waals surface area contributed by atoms with Gasteiger partial charge < -0.3 is 5.32 Å². The van der Waals surface area contributed by atoms with Crippen molar-refractivity contribution in [3.63, 3.8) is 0 Å². The van der Waals surface area contributed by atoms with Gasteiger partial charge in [-0.3, -0.25) is 4.79 Å². The number of alkyl halides is 3. The fraction of sp³-hybridized carbons (Fsp3) is 0.286. The molecule has 0 heterocycles. The van der Waals surface area contributed by atoms with Crippen LogP contribution < -0.4 is 5.32 Å². The van der Waals surface area contributed by atoms with Crippen molar-refractivity contribution in [2.75, 3.05) is 0 Å². The summed E-state index contributed by atoms with van der Waals surface area (Å²) in [6.45, 7) is 0.282. The molecule has 0 radical (unpaired) electrons. The minimum absolute atomic E-state index is 0.00163. The van der Waals surface area contributed by atoms with Gasteiger partial charge in [-0.2, -0.15) is 13.2 Å². The van der Waals surface area contributed by atoms with Crippen LogP contribution in [0.5, 0.6) is 0 Å². The quantitative estimate of drug-likeness (QED) is 0.490. The molecule has 1 amide bonds. The van der Waals surface area contributed by atoms with E-state index in [1.807, 2.05) is 0 Å². The molecule has 1 atom stereocenters. The van der Waals surface area contributed by atoms with Crippen LogP contribution in [0.3, 0.4) is 0 Å². The first-order chi connectivity index (χ1) is 13.6. The first kappa shape index (κ1) is 22.0. The molecule has 0 spiro atoms. The third kappa shape index (κ3) is 6.14. The number of nitrogens with one attached hydrogen (secondary N) is 1. The summed E-state index contributed by atoms with van der Waals surface area (Å²) < 4.78 is 40.7. The molecule has 2 aromatic rings. The average Bonchev–Trinajstić information content (AvgIpc) is 3.44. The number of rotatable bonds is 6. The number of benzene rings is 2. The van der Waals surface area contributed by atoms with E-state index in [0.29, 0.717) is 16.1 Å². The zero-order valence-electron chi connectivity index (χ0n) is 15.1. The van der Waals surface area contributed by atoms with Gasteiger partial charge in [0.05, 0.1) is 5.92 Å². The molecule has 0 aliphatic heterocycles. The highest BCUT2D eigenvalue weighted by molar-refractivity contribution is 6.34. The molecular formula is C21H17Cl3F3NO. The Morgan fingerprint density at radius 3 is 2.31 bits per heavy atom. The molecule has 0 aromatic heterocycles. The van der Waals surface area contributed by atoms with Gasteiger partial charge in [0.1, 0.15) is 0 Å².